The monoisotopic (exact) mass is 298 g/mol. The van der Waals surface area contributed by atoms with E-state index in [0.29, 0.717) is 0 Å². The Labute approximate surface area is 120 Å². The number of nitro groups is 1. The molecule has 0 saturated heterocycles. The fourth-order valence-electron chi connectivity index (χ4n) is 2.69. The fourth-order valence-corrected chi connectivity index (χ4v) is 2.69. The van der Waals surface area contributed by atoms with Crippen LogP contribution in [0.4, 0.5) is 14.5 Å². The van der Waals surface area contributed by atoms with Gasteiger partial charge in [-0.15, -0.1) is 0 Å². The van der Waals surface area contributed by atoms with Crippen LogP contribution >= 0.6 is 0 Å². The highest BCUT2D eigenvalue weighted by molar-refractivity contribution is 5.95. The summed E-state index contributed by atoms with van der Waals surface area (Å²) >= 11 is 0. The summed E-state index contributed by atoms with van der Waals surface area (Å²) in [5.74, 6) is -3.33. The van der Waals surface area contributed by atoms with Gasteiger partial charge in [-0.3, -0.25) is 14.9 Å². The van der Waals surface area contributed by atoms with Crippen molar-refractivity contribution in [2.45, 2.75) is 38.1 Å². The first-order valence-corrected chi connectivity index (χ1v) is 6.83. The van der Waals surface area contributed by atoms with Crippen molar-refractivity contribution in [3.05, 3.63) is 39.4 Å². The molecule has 2 rings (SSSR count). The number of halogens is 2. The second-order valence-corrected chi connectivity index (χ2v) is 5.22. The van der Waals surface area contributed by atoms with Crippen LogP contribution in [0.25, 0.3) is 0 Å². The number of hydrogen-bond acceptors (Lipinski definition) is 3. The topological polar surface area (TPSA) is 63.5 Å². The first-order chi connectivity index (χ1) is 9.93. The number of nitro benzene ring substituents is 1. The molecule has 0 N–H and O–H groups in total. The maximum Gasteiger partial charge on any atom is 0.305 e. The molecular weight excluding hydrogens is 282 g/mol. The van der Waals surface area contributed by atoms with Gasteiger partial charge in [-0.25, -0.2) is 4.39 Å². The van der Waals surface area contributed by atoms with E-state index in [9.17, 15) is 23.7 Å². The van der Waals surface area contributed by atoms with Gasteiger partial charge in [-0.05, 0) is 18.9 Å². The normalized spacial score (nSPS) is 15.8. The highest BCUT2D eigenvalue weighted by Gasteiger charge is 2.31. The van der Waals surface area contributed by atoms with Gasteiger partial charge in [0.25, 0.3) is 5.91 Å². The molecule has 0 heterocycles. The molecule has 1 aliphatic carbocycles. The van der Waals surface area contributed by atoms with Gasteiger partial charge in [-0.1, -0.05) is 19.3 Å². The summed E-state index contributed by atoms with van der Waals surface area (Å²) in [6.45, 7) is 0. The SMILES string of the molecule is CN(C(=O)c1c(F)ccc([N+](=O)[O-])c1F)C1CCCCC1. The van der Waals surface area contributed by atoms with Crippen LogP contribution in [0.3, 0.4) is 0 Å². The predicted molar refractivity (Wildman–Crippen MR) is 72.0 cm³/mol. The summed E-state index contributed by atoms with van der Waals surface area (Å²) in [6, 6.07) is 1.40. The number of carbonyl (C=O) groups is 1. The van der Waals surface area contributed by atoms with E-state index < -0.39 is 33.7 Å². The van der Waals surface area contributed by atoms with Crippen LogP contribution in [0, 0.1) is 21.7 Å². The van der Waals surface area contributed by atoms with E-state index >= 15 is 0 Å². The quantitative estimate of drug-likeness (QED) is 0.635. The third kappa shape index (κ3) is 3.01. The first kappa shape index (κ1) is 15.3. The van der Waals surface area contributed by atoms with Crippen molar-refractivity contribution in [3.63, 3.8) is 0 Å². The molecule has 114 valence electrons. The smallest absolute Gasteiger partial charge is 0.305 e. The van der Waals surface area contributed by atoms with Gasteiger partial charge in [0.05, 0.1) is 4.92 Å². The summed E-state index contributed by atoms with van der Waals surface area (Å²) in [5.41, 5.74) is -1.74. The summed E-state index contributed by atoms with van der Waals surface area (Å²) in [4.78, 5) is 23.3. The Morgan fingerprint density at radius 2 is 1.90 bits per heavy atom. The lowest BCUT2D eigenvalue weighted by Crippen LogP contribution is -2.39. The number of rotatable bonds is 3. The average molecular weight is 298 g/mol. The molecule has 1 aromatic carbocycles. The van der Waals surface area contributed by atoms with Crippen LogP contribution < -0.4 is 0 Å². The first-order valence-electron chi connectivity index (χ1n) is 6.83. The zero-order valence-corrected chi connectivity index (χ0v) is 11.6. The average Bonchev–Trinajstić information content (AvgIpc) is 2.46. The van der Waals surface area contributed by atoms with E-state index in [0.717, 1.165) is 44.2 Å². The van der Waals surface area contributed by atoms with E-state index in [1.165, 1.54) is 11.9 Å². The van der Waals surface area contributed by atoms with Crippen molar-refractivity contribution in [1.82, 2.24) is 4.90 Å². The zero-order chi connectivity index (χ0) is 15.6. The van der Waals surface area contributed by atoms with Crippen molar-refractivity contribution < 1.29 is 18.5 Å². The Balaban J connectivity index is 2.33. The molecule has 0 bridgehead atoms. The van der Waals surface area contributed by atoms with Gasteiger partial charge >= 0.3 is 5.69 Å². The summed E-state index contributed by atoms with van der Waals surface area (Å²) in [6.07, 6.45) is 4.56. The third-order valence-electron chi connectivity index (χ3n) is 3.92. The molecule has 1 aliphatic rings. The Morgan fingerprint density at radius 1 is 1.29 bits per heavy atom. The summed E-state index contributed by atoms with van der Waals surface area (Å²) in [7, 11) is 1.48. The lowest BCUT2D eigenvalue weighted by molar-refractivity contribution is -0.387. The Hall–Kier alpha value is -2.05. The highest BCUT2D eigenvalue weighted by atomic mass is 19.1. The van der Waals surface area contributed by atoms with Gasteiger partial charge in [0.15, 0.2) is 0 Å². The van der Waals surface area contributed by atoms with E-state index in [-0.39, 0.29) is 6.04 Å². The van der Waals surface area contributed by atoms with Crippen molar-refractivity contribution >= 4 is 11.6 Å². The largest absolute Gasteiger partial charge is 0.339 e. The number of hydrogen-bond donors (Lipinski definition) is 0. The van der Waals surface area contributed by atoms with Gasteiger partial charge < -0.3 is 4.90 Å². The lowest BCUT2D eigenvalue weighted by atomic mass is 9.94. The molecule has 0 atom stereocenters. The van der Waals surface area contributed by atoms with E-state index in [1.54, 1.807) is 0 Å². The van der Waals surface area contributed by atoms with Gasteiger partial charge in [-0.2, -0.15) is 4.39 Å². The minimum Gasteiger partial charge on any atom is -0.339 e. The molecule has 1 amide bonds. The molecule has 0 unspecified atom stereocenters. The Morgan fingerprint density at radius 3 is 2.48 bits per heavy atom. The third-order valence-corrected chi connectivity index (χ3v) is 3.92. The van der Waals surface area contributed by atoms with Crippen molar-refractivity contribution in [2.24, 2.45) is 0 Å². The predicted octanol–water partition coefficient (Wildman–Crippen LogP) is 3.28. The minimum atomic E-state index is -1.41. The van der Waals surface area contributed by atoms with Crippen LogP contribution in [0.2, 0.25) is 0 Å². The Kier molecular flexibility index (Phi) is 4.50. The van der Waals surface area contributed by atoms with Crippen LogP contribution in [0.5, 0.6) is 0 Å². The van der Waals surface area contributed by atoms with Gasteiger partial charge in [0.1, 0.15) is 11.4 Å². The van der Waals surface area contributed by atoms with Crippen molar-refractivity contribution in [2.75, 3.05) is 7.05 Å². The molecule has 0 aliphatic heterocycles. The van der Waals surface area contributed by atoms with Crippen LogP contribution in [0.15, 0.2) is 12.1 Å². The lowest BCUT2D eigenvalue weighted by Gasteiger charge is -2.31. The molecule has 0 spiro atoms. The maximum absolute atomic E-state index is 14.0. The zero-order valence-electron chi connectivity index (χ0n) is 11.6. The molecule has 7 heteroatoms. The fraction of sp³-hybridized carbons (Fsp3) is 0.500. The van der Waals surface area contributed by atoms with Crippen LogP contribution in [0.1, 0.15) is 42.5 Å². The van der Waals surface area contributed by atoms with Crippen molar-refractivity contribution in [1.29, 1.82) is 0 Å². The number of benzene rings is 1. The minimum absolute atomic E-state index is 0.0793. The van der Waals surface area contributed by atoms with Crippen LogP contribution in [-0.4, -0.2) is 28.8 Å². The highest BCUT2D eigenvalue weighted by Crippen LogP contribution is 2.27. The number of nitrogens with zero attached hydrogens (tertiary/aromatic N) is 2. The van der Waals surface area contributed by atoms with E-state index in [2.05, 4.69) is 0 Å². The molecule has 1 aromatic rings. The Bertz CT molecular complexity index is 572. The van der Waals surface area contributed by atoms with E-state index in [4.69, 9.17) is 0 Å². The van der Waals surface area contributed by atoms with Crippen LogP contribution in [-0.2, 0) is 0 Å². The molecule has 1 saturated carbocycles. The summed E-state index contributed by atoms with van der Waals surface area (Å²) < 4.78 is 27.8. The van der Waals surface area contributed by atoms with Gasteiger partial charge in [0.2, 0.25) is 5.82 Å². The number of amides is 1. The maximum atomic E-state index is 14.0. The van der Waals surface area contributed by atoms with Gasteiger partial charge in [0, 0.05) is 19.2 Å². The molecule has 21 heavy (non-hydrogen) atoms. The number of carbonyl (C=O) groups excluding carboxylic acids is 1. The molecule has 0 aromatic heterocycles. The molecule has 5 nitrogen and oxygen atoms in total. The molecular formula is C14H16F2N2O3. The van der Waals surface area contributed by atoms with Crippen molar-refractivity contribution in [3.8, 4) is 0 Å². The summed E-state index contributed by atoms with van der Waals surface area (Å²) in [5, 5.41) is 10.7. The molecule has 0 radical (unpaired) electrons. The second-order valence-electron chi connectivity index (χ2n) is 5.22. The van der Waals surface area contributed by atoms with E-state index in [1.807, 2.05) is 0 Å². The second kappa shape index (κ2) is 6.15. The standard InChI is InChI=1S/C14H16F2N2O3/c1-17(9-5-3-2-4-6-9)14(19)12-10(15)7-8-11(13(12)16)18(20)21/h7-9H,2-6H2,1H3. The molecule has 1 fully saturated rings.